The van der Waals surface area contributed by atoms with Crippen LogP contribution in [0.3, 0.4) is 0 Å². The summed E-state index contributed by atoms with van der Waals surface area (Å²) in [6.07, 6.45) is 6.15. The van der Waals surface area contributed by atoms with Crippen molar-refractivity contribution in [3.8, 4) is 6.07 Å². The molecule has 0 fully saturated rings. The standard InChI is InChI=1S/C20H20N6/c1-15-8-16(2)24-20(23-15)25-22-11-19-9-18(10-21)13-26(14-19)12-17-6-4-3-5-7-17/h3-8,11,13-14H,9,12H2,1-2H3,(H,23,24,25). The Balaban J connectivity index is 1.70. The first-order valence-corrected chi connectivity index (χ1v) is 8.35. The average Bonchev–Trinajstić information content (AvgIpc) is 2.61. The normalized spacial score (nSPS) is 14.0. The van der Waals surface area contributed by atoms with Crippen molar-refractivity contribution in [2.24, 2.45) is 5.10 Å². The van der Waals surface area contributed by atoms with E-state index in [0.717, 1.165) is 17.0 Å². The first-order valence-electron chi connectivity index (χ1n) is 8.35. The van der Waals surface area contributed by atoms with E-state index in [-0.39, 0.29) is 0 Å². The second kappa shape index (κ2) is 8.08. The lowest BCUT2D eigenvalue weighted by molar-refractivity contribution is 0.487. The molecule has 1 aliphatic heterocycles. The largest absolute Gasteiger partial charge is 0.349 e. The van der Waals surface area contributed by atoms with Crippen LogP contribution in [0.5, 0.6) is 0 Å². The number of hydrogen-bond donors (Lipinski definition) is 1. The van der Waals surface area contributed by atoms with E-state index in [0.29, 0.717) is 24.5 Å². The van der Waals surface area contributed by atoms with Gasteiger partial charge in [0.2, 0.25) is 5.95 Å². The molecule has 130 valence electrons. The number of nitrogens with zero attached hydrogens (tertiary/aromatic N) is 5. The van der Waals surface area contributed by atoms with E-state index < -0.39 is 0 Å². The van der Waals surface area contributed by atoms with Crippen molar-refractivity contribution in [1.29, 1.82) is 5.26 Å². The van der Waals surface area contributed by atoms with Gasteiger partial charge in [0.15, 0.2) is 0 Å². The predicted octanol–water partition coefficient (Wildman–Crippen LogP) is 3.69. The summed E-state index contributed by atoms with van der Waals surface area (Å²) in [4.78, 5) is 10.6. The smallest absolute Gasteiger partial charge is 0.243 e. The van der Waals surface area contributed by atoms with Crippen molar-refractivity contribution in [3.05, 3.63) is 76.9 Å². The van der Waals surface area contributed by atoms with Gasteiger partial charge in [0, 0.05) is 36.8 Å². The number of rotatable bonds is 5. The molecule has 0 aliphatic carbocycles. The first-order chi connectivity index (χ1) is 12.6. The molecule has 0 unspecified atom stereocenters. The zero-order valence-corrected chi connectivity index (χ0v) is 14.8. The zero-order chi connectivity index (χ0) is 18.4. The molecule has 0 spiro atoms. The Morgan fingerprint density at radius 3 is 2.62 bits per heavy atom. The van der Waals surface area contributed by atoms with Gasteiger partial charge < -0.3 is 4.90 Å². The van der Waals surface area contributed by atoms with Crippen LogP contribution < -0.4 is 5.43 Å². The van der Waals surface area contributed by atoms with Crippen LogP contribution in [0, 0.1) is 25.2 Å². The molecule has 0 bridgehead atoms. The fraction of sp³-hybridized carbons (Fsp3) is 0.200. The number of nitrogens with one attached hydrogen (secondary N) is 1. The van der Waals surface area contributed by atoms with Gasteiger partial charge in [-0.25, -0.2) is 15.4 Å². The van der Waals surface area contributed by atoms with E-state index >= 15 is 0 Å². The molecule has 0 radical (unpaired) electrons. The van der Waals surface area contributed by atoms with Gasteiger partial charge in [-0.1, -0.05) is 30.3 Å². The molecule has 2 heterocycles. The molecule has 0 saturated heterocycles. The van der Waals surface area contributed by atoms with Crippen molar-refractivity contribution >= 4 is 12.2 Å². The van der Waals surface area contributed by atoms with Gasteiger partial charge in [0.1, 0.15) is 0 Å². The Kier molecular flexibility index (Phi) is 5.40. The van der Waals surface area contributed by atoms with Crippen LogP contribution in [0.1, 0.15) is 23.4 Å². The summed E-state index contributed by atoms with van der Waals surface area (Å²) in [5.74, 6) is 0.465. The lowest BCUT2D eigenvalue weighted by atomic mass is 10.1. The van der Waals surface area contributed by atoms with Crippen LogP contribution in [0.4, 0.5) is 5.95 Å². The molecule has 1 aromatic carbocycles. The Hall–Kier alpha value is -3.46. The Bertz CT molecular complexity index is 885. The molecule has 1 aliphatic rings. The predicted molar refractivity (Wildman–Crippen MR) is 102 cm³/mol. The summed E-state index contributed by atoms with van der Waals surface area (Å²) in [6.45, 7) is 4.54. The van der Waals surface area contributed by atoms with Gasteiger partial charge in [-0.15, -0.1) is 0 Å². The third kappa shape index (κ3) is 4.77. The lowest BCUT2D eigenvalue weighted by Gasteiger charge is -2.21. The van der Waals surface area contributed by atoms with Crippen molar-refractivity contribution < 1.29 is 0 Å². The minimum absolute atomic E-state index is 0.465. The molecule has 0 amide bonds. The van der Waals surface area contributed by atoms with E-state index in [1.54, 1.807) is 6.21 Å². The highest BCUT2D eigenvalue weighted by molar-refractivity contribution is 5.80. The highest BCUT2D eigenvalue weighted by Gasteiger charge is 2.11. The number of allylic oxidation sites excluding steroid dienone is 2. The monoisotopic (exact) mass is 344 g/mol. The molecular formula is C20H20N6. The number of aryl methyl sites for hydroxylation is 2. The summed E-state index contributed by atoms with van der Waals surface area (Å²) in [5, 5.41) is 13.5. The molecular weight excluding hydrogens is 324 g/mol. The fourth-order valence-electron chi connectivity index (χ4n) is 2.74. The Morgan fingerprint density at radius 2 is 1.92 bits per heavy atom. The molecule has 1 aromatic heterocycles. The van der Waals surface area contributed by atoms with Gasteiger partial charge in [-0.05, 0) is 31.1 Å². The van der Waals surface area contributed by atoms with E-state index in [1.165, 1.54) is 5.56 Å². The second-order valence-electron chi connectivity index (χ2n) is 6.15. The summed E-state index contributed by atoms with van der Waals surface area (Å²) < 4.78 is 0. The van der Waals surface area contributed by atoms with Crippen molar-refractivity contribution in [3.63, 3.8) is 0 Å². The molecule has 1 N–H and O–H groups in total. The number of nitriles is 1. The van der Waals surface area contributed by atoms with Crippen LogP contribution in [0.2, 0.25) is 0 Å². The highest BCUT2D eigenvalue weighted by Crippen LogP contribution is 2.19. The topological polar surface area (TPSA) is 77.2 Å². The van der Waals surface area contributed by atoms with E-state index in [2.05, 4.69) is 38.7 Å². The molecule has 3 rings (SSSR count). The van der Waals surface area contributed by atoms with Crippen LogP contribution in [-0.2, 0) is 6.54 Å². The molecule has 6 heteroatoms. The number of hydrogen-bond acceptors (Lipinski definition) is 6. The fourth-order valence-corrected chi connectivity index (χ4v) is 2.74. The van der Waals surface area contributed by atoms with Crippen LogP contribution in [0.15, 0.2) is 65.0 Å². The maximum Gasteiger partial charge on any atom is 0.243 e. The van der Waals surface area contributed by atoms with Crippen molar-refractivity contribution in [2.45, 2.75) is 26.8 Å². The summed E-state index contributed by atoms with van der Waals surface area (Å²) >= 11 is 0. The Labute approximate surface area is 153 Å². The molecule has 6 nitrogen and oxygen atoms in total. The number of anilines is 1. The molecule has 2 aromatic rings. The third-order valence-electron chi connectivity index (χ3n) is 3.78. The van der Waals surface area contributed by atoms with Crippen LogP contribution >= 0.6 is 0 Å². The number of hydrazone groups is 1. The Morgan fingerprint density at radius 1 is 1.19 bits per heavy atom. The molecule has 0 saturated carbocycles. The average molecular weight is 344 g/mol. The number of aromatic nitrogens is 2. The van der Waals surface area contributed by atoms with Crippen molar-refractivity contribution in [2.75, 3.05) is 5.43 Å². The third-order valence-corrected chi connectivity index (χ3v) is 3.78. The van der Waals surface area contributed by atoms with E-state index in [1.807, 2.05) is 55.4 Å². The van der Waals surface area contributed by atoms with E-state index in [4.69, 9.17) is 0 Å². The maximum absolute atomic E-state index is 9.30. The van der Waals surface area contributed by atoms with Gasteiger partial charge in [0.05, 0.1) is 17.9 Å². The minimum atomic E-state index is 0.465. The maximum atomic E-state index is 9.30. The van der Waals surface area contributed by atoms with Crippen LogP contribution in [0.25, 0.3) is 0 Å². The number of benzene rings is 1. The lowest BCUT2D eigenvalue weighted by Crippen LogP contribution is -2.15. The summed E-state index contributed by atoms with van der Waals surface area (Å²) in [5.41, 5.74) is 7.45. The molecule has 26 heavy (non-hydrogen) atoms. The zero-order valence-electron chi connectivity index (χ0n) is 14.8. The second-order valence-corrected chi connectivity index (χ2v) is 6.15. The van der Waals surface area contributed by atoms with Gasteiger partial charge in [0.25, 0.3) is 0 Å². The van der Waals surface area contributed by atoms with Gasteiger partial charge in [-0.3, -0.25) is 0 Å². The SMILES string of the molecule is Cc1cc(C)nc(NN=CC2=CN(Cc3ccccc3)C=C(C#N)C2)n1. The highest BCUT2D eigenvalue weighted by atomic mass is 15.3. The summed E-state index contributed by atoms with van der Waals surface area (Å²) in [7, 11) is 0. The van der Waals surface area contributed by atoms with E-state index in [9.17, 15) is 5.26 Å². The van der Waals surface area contributed by atoms with Crippen LogP contribution in [-0.4, -0.2) is 21.1 Å². The minimum Gasteiger partial charge on any atom is -0.349 e. The van der Waals surface area contributed by atoms with Crippen molar-refractivity contribution in [1.82, 2.24) is 14.9 Å². The van der Waals surface area contributed by atoms with Gasteiger partial charge >= 0.3 is 0 Å². The molecule has 0 atom stereocenters. The first kappa shape index (κ1) is 17.4. The quantitative estimate of drug-likeness (QED) is 0.661. The van der Waals surface area contributed by atoms with Gasteiger partial charge in [-0.2, -0.15) is 10.4 Å². The summed E-state index contributed by atoms with van der Waals surface area (Å²) in [6, 6.07) is 14.3.